The van der Waals surface area contributed by atoms with Crippen LogP contribution in [0.25, 0.3) is 44.5 Å². The van der Waals surface area contributed by atoms with Crippen molar-refractivity contribution in [2.45, 2.75) is 0 Å². The predicted molar refractivity (Wildman–Crippen MR) is 202 cm³/mol. The van der Waals surface area contributed by atoms with E-state index in [0.29, 0.717) is 117 Å². The molecule has 0 aliphatic carbocycles. The summed E-state index contributed by atoms with van der Waals surface area (Å²) >= 11 is 2.75. The first-order valence-electron chi connectivity index (χ1n) is 16.5. The van der Waals surface area contributed by atoms with Gasteiger partial charge in [-0.25, -0.2) is 19.6 Å². The minimum Gasteiger partial charge on any atom is -0.495 e. The van der Waals surface area contributed by atoms with Crippen LogP contribution in [0.1, 0.15) is 9.75 Å². The van der Waals surface area contributed by atoms with Crippen molar-refractivity contribution >= 4 is 67.3 Å². The molecule has 2 aliphatic rings. The van der Waals surface area contributed by atoms with Crippen molar-refractivity contribution in [2.24, 2.45) is 10.2 Å². The van der Waals surface area contributed by atoms with Crippen LogP contribution < -0.4 is 30.5 Å². The number of hydrogen-bond donors (Lipinski definition) is 0. The van der Waals surface area contributed by atoms with Crippen LogP contribution in [0.15, 0.2) is 77.2 Å². The maximum absolute atomic E-state index is 13.5. The summed E-state index contributed by atoms with van der Waals surface area (Å²) in [4.78, 5) is 42.1. The molecule has 2 fully saturated rings. The van der Waals surface area contributed by atoms with E-state index in [2.05, 4.69) is 20.0 Å². The molecule has 0 atom stereocenters. The predicted octanol–water partition coefficient (Wildman–Crippen LogP) is 5.29. The van der Waals surface area contributed by atoms with Gasteiger partial charge in [-0.1, -0.05) is 46.9 Å². The Hall–Kier alpha value is -5.42. The van der Waals surface area contributed by atoms with Gasteiger partial charge in [0.05, 0.1) is 73.6 Å². The fraction of sp³-hybridized carbons (Fsp3) is 0.278. The van der Waals surface area contributed by atoms with Gasteiger partial charge in [-0.3, -0.25) is 0 Å². The molecule has 16 heteroatoms. The molecule has 0 unspecified atom stereocenters. The third-order valence-electron chi connectivity index (χ3n) is 8.68. The SMILES string of the molecule is COc1c(-c2nc(N3CCOCC3)sc2/C=N/N=C/c2sc(N3CCOCC3)nc2-c2c(OC)c3ccccc3oc2=O)c(=O)oc2ccccc12. The Kier molecular flexibility index (Phi) is 9.51. The molecule has 0 saturated carbocycles. The van der Waals surface area contributed by atoms with E-state index in [0.717, 1.165) is 0 Å². The Balaban J connectivity index is 1.21. The molecular weight excluding hydrogens is 709 g/mol. The van der Waals surface area contributed by atoms with E-state index in [9.17, 15) is 9.59 Å². The van der Waals surface area contributed by atoms with Crippen molar-refractivity contribution in [3.63, 3.8) is 0 Å². The number of morpholine rings is 2. The number of fused-ring (bicyclic) bond motifs is 2. The number of benzene rings is 2. The highest BCUT2D eigenvalue weighted by Crippen LogP contribution is 2.40. The number of para-hydroxylation sites is 2. The highest BCUT2D eigenvalue weighted by atomic mass is 32.1. The normalized spacial score (nSPS) is 15.4. The van der Waals surface area contributed by atoms with E-state index < -0.39 is 11.3 Å². The van der Waals surface area contributed by atoms with E-state index in [1.165, 1.54) is 36.9 Å². The van der Waals surface area contributed by atoms with Gasteiger partial charge in [0.1, 0.15) is 45.2 Å². The molecule has 52 heavy (non-hydrogen) atoms. The fourth-order valence-corrected chi connectivity index (χ4v) is 8.18. The molecule has 2 aromatic carbocycles. The second-order valence-electron chi connectivity index (χ2n) is 11.7. The second-order valence-corrected chi connectivity index (χ2v) is 13.7. The minimum atomic E-state index is -0.583. The fourth-order valence-electron chi connectivity index (χ4n) is 6.20. The van der Waals surface area contributed by atoms with Gasteiger partial charge < -0.3 is 37.6 Å². The van der Waals surface area contributed by atoms with Crippen molar-refractivity contribution < 1.29 is 27.8 Å². The standard InChI is InChI=1S/C36H32N6O8S2/c1-45-31-21-7-3-5-9-23(21)49-33(43)27(31)29-25(51-35(39-29)41-11-15-47-16-12-41)19-37-38-20-26-30(40-36(52-26)42-13-17-48-18-14-42)28-32(46-2)22-8-4-6-10-24(22)50-34(28)44/h3-10,19-20H,11-18H2,1-2H3/b37-19+,38-20+. The summed E-state index contributed by atoms with van der Waals surface area (Å²) in [5.74, 6) is 0.717. The van der Waals surface area contributed by atoms with Gasteiger partial charge >= 0.3 is 11.3 Å². The second kappa shape index (κ2) is 14.7. The molecule has 0 radical (unpaired) electrons. The first-order valence-corrected chi connectivity index (χ1v) is 18.1. The van der Waals surface area contributed by atoms with Crippen LogP contribution in [0.3, 0.4) is 0 Å². The molecule has 6 aromatic rings. The topological polar surface area (TPSA) is 154 Å². The average molecular weight is 741 g/mol. The maximum Gasteiger partial charge on any atom is 0.349 e. The number of thiazole rings is 2. The Bertz CT molecular complexity index is 2270. The lowest BCUT2D eigenvalue weighted by molar-refractivity contribution is 0.122. The van der Waals surface area contributed by atoms with Gasteiger partial charge in [0, 0.05) is 26.2 Å². The van der Waals surface area contributed by atoms with E-state index >= 15 is 0 Å². The Labute approximate surface area is 304 Å². The molecule has 0 amide bonds. The maximum atomic E-state index is 13.5. The molecule has 0 N–H and O–H groups in total. The summed E-state index contributed by atoms with van der Waals surface area (Å²) in [6.07, 6.45) is 3.10. The van der Waals surface area contributed by atoms with Gasteiger partial charge in [-0.15, -0.1) is 0 Å². The molecule has 266 valence electrons. The Morgan fingerprint density at radius 2 is 1.06 bits per heavy atom. The molecule has 14 nitrogen and oxygen atoms in total. The zero-order valence-corrected chi connectivity index (χ0v) is 29.8. The quantitative estimate of drug-likeness (QED) is 0.108. The van der Waals surface area contributed by atoms with Crippen molar-refractivity contribution in [2.75, 3.05) is 76.6 Å². The minimum absolute atomic E-state index is 0.192. The van der Waals surface area contributed by atoms with Crippen LogP contribution in [0.2, 0.25) is 0 Å². The monoisotopic (exact) mass is 740 g/mol. The summed E-state index contributed by atoms with van der Waals surface area (Å²) in [6, 6.07) is 14.4. The van der Waals surface area contributed by atoms with Gasteiger partial charge in [0.15, 0.2) is 10.3 Å². The van der Waals surface area contributed by atoms with Crippen LogP contribution in [0, 0.1) is 0 Å². The van der Waals surface area contributed by atoms with Crippen LogP contribution in [0.5, 0.6) is 11.5 Å². The summed E-state index contributed by atoms with van der Waals surface area (Å²) < 4.78 is 34.1. The van der Waals surface area contributed by atoms with Gasteiger partial charge in [-0.05, 0) is 24.3 Å². The third-order valence-corrected chi connectivity index (χ3v) is 10.8. The number of nitrogens with zero attached hydrogens (tertiary/aromatic N) is 6. The van der Waals surface area contributed by atoms with Crippen LogP contribution in [0.4, 0.5) is 10.3 Å². The highest BCUT2D eigenvalue weighted by Gasteiger charge is 2.27. The van der Waals surface area contributed by atoms with Crippen molar-refractivity contribution in [1.82, 2.24) is 9.97 Å². The third kappa shape index (κ3) is 6.34. The number of anilines is 2. The smallest absolute Gasteiger partial charge is 0.349 e. The zero-order chi connectivity index (χ0) is 35.6. The largest absolute Gasteiger partial charge is 0.495 e. The van der Waals surface area contributed by atoms with Crippen LogP contribution in [-0.2, 0) is 9.47 Å². The van der Waals surface area contributed by atoms with E-state index in [4.69, 9.17) is 37.7 Å². The molecule has 4 aromatic heterocycles. The lowest BCUT2D eigenvalue weighted by Crippen LogP contribution is -2.36. The number of rotatable bonds is 9. The molecule has 8 rings (SSSR count). The average Bonchev–Trinajstić information content (AvgIpc) is 3.80. The Morgan fingerprint density at radius 3 is 1.46 bits per heavy atom. The molecule has 2 aliphatic heterocycles. The van der Waals surface area contributed by atoms with E-state index in [-0.39, 0.29) is 11.1 Å². The van der Waals surface area contributed by atoms with Gasteiger partial charge in [0.2, 0.25) is 0 Å². The van der Waals surface area contributed by atoms with Crippen LogP contribution >= 0.6 is 22.7 Å². The number of methoxy groups -OCH3 is 2. The molecule has 6 heterocycles. The van der Waals surface area contributed by atoms with Gasteiger partial charge in [-0.2, -0.15) is 10.2 Å². The number of ether oxygens (including phenoxy) is 4. The van der Waals surface area contributed by atoms with Crippen molar-refractivity contribution in [3.8, 4) is 34.0 Å². The van der Waals surface area contributed by atoms with E-state index in [1.54, 1.807) is 36.7 Å². The molecule has 0 bridgehead atoms. The first kappa shape index (κ1) is 33.7. The Morgan fingerprint density at radius 1 is 0.654 bits per heavy atom. The number of hydrogen-bond acceptors (Lipinski definition) is 16. The van der Waals surface area contributed by atoms with Crippen molar-refractivity contribution in [3.05, 3.63) is 79.1 Å². The van der Waals surface area contributed by atoms with Gasteiger partial charge in [0.25, 0.3) is 0 Å². The molecule has 2 saturated heterocycles. The van der Waals surface area contributed by atoms with Crippen molar-refractivity contribution in [1.29, 1.82) is 0 Å². The lowest BCUT2D eigenvalue weighted by atomic mass is 10.1. The summed E-state index contributed by atoms with van der Waals surface area (Å²) in [5, 5.41) is 11.5. The molecule has 0 spiro atoms. The highest BCUT2D eigenvalue weighted by molar-refractivity contribution is 7.18. The zero-order valence-electron chi connectivity index (χ0n) is 28.2. The van der Waals surface area contributed by atoms with Crippen LogP contribution in [-0.4, -0.2) is 89.2 Å². The summed E-state index contributed by atoms with van der Waals surface area (Å²) in [7, 11) is 3.03. The molecular formula is C36H32N6O8S2. The summed E-state index contributed by atoms with van der Waals surface area (Å²) in [6.45, 7) is 4.85. The summed E-state index contributed by atoms with van der Waals surface area (Å²) in [5.41, 5.74) is 0.772. The van der Waals surface area contributed by atoms with E-state index in [1.807, 2.05) is 24.3 Å². The number of aromatic nitrogens is 2. The first-order chi connectivity index (χ1) is 25.5. The lowest BCUT2D eigenvalue weighted by Gasteiger charge is -2.26.